The number of carbonyl (C=O) groups excluding carboxylic acids is 1. The number of aldehydes is 1. The lowest BCUT2D eigenvalue weighted by Gasteiger charge is -2.13. The van der Waals surface area contributed by atoms with Crippen LogP contribution in [0.2, 0.25) is 0 Å². The number of phenols is 1. The minimum atomic E-state index is -0.709. The number of hydrogen-bond donors (Lipinski definition) is 2. The first-order valence-electron chi connectivity index (χ1n) is 9.28. The maximum atomic E-state index is 10.8. The van der Waals surface area contributed by atoms with Crippen molar-refractivity contribution in [3.8, 4) is 5.75 Å². The summed E-state index contributed by atoms with van der Waals surface area (Å²) < 4.78 is 7.28. The summed E-state index contributed by atoms with van der Waals surface area (Å²) in [6.07, 6.45) is 3.83. The van der Waals surface area contributed by atoms with Crippen LogP contribution in [-0.2, 0) is 35.3 Å². The molecule has 27 heavy (non-hydrogen) atoms. The van der Waals surface area contributed by atoms with Gasteiger partial charge in [0.15, 0.2) is 6.29 Å². The Morgan fingerprint density at radius 2 is 2.11 bits per heavy atom. The van der Waals surface area contributed by atoms with Crippen LogP contribution >= 0.6 is 0 Å². The highest BCUT2D eigenvalue weighted by Crippen LogP contribution is 2.36. The van der Waals surface area contributed by atoms with Crippen molar-refractivity contribution in [1.82, 2.24) is 15.2 Å². The zero-order valence-electron chi connectivity index (χ0n) is 15.9. The number of ether oxygens (including phenoxy) is 1. The Kier molecular flexibility index (Phi) is 4.37. The van der Waals surface area contributed by atoms with Crippen LogP contribution in [0.5, 0.6) is 5.75 Å². The fourth-order valence-electron chi connectivity index (χ4n) is 4.10. The van der Waals surface area contributed by atoms with Crippen molar-refractivity contribution in [2.75, 3.05) is 0 Å². The lowest BCUT2D eigenvalue weighted by molar-refractivity contribution is -0.114. The van der Waals surface area contributed by atoms with Gasteiger partial charge in [0.05, 0.1) is 5.69 Å². The topological polar surface area (TPSA) is 88.7 Å². The smallest absolute Gasteiger partial charge is 0.242 e. The molecule has 0 radical (unpaired) electrons. The van der Waals surface area contributed by atoms with Gasteiger partial charge in [-0.25, -0.2) is 0 Å². The first-order chi connectivity index (χ1) is 13.0. The van der Waals surface area contributed by atoms with Crippen molar-refractivity contribution in [1.29, 1.82) is 0 Å². The Balaban J connectivity index is 1.61. The van der Waals surface area contributed by atoms with E-state index in [1.165, 1.54) is 16.7 Å². The van der Waals surface area contributed by atoms with Crippen LogP contribution in [0.1, 0.15) is 45.6 Å². The fraction of sp³-hybridized carbons (Fsp3) is 0.450. The van der Waals surface area contributed by atoms with Gasteiger partial charge in [-0.15, -0.1) is 5.10 Å². The van der Waals surface area contributed by atoms with E-state index in [9.17, 15) is 9.90 Å². The highest BCUT2D eigenvalue weighted by atomic mass is 16.5. The summed E-state index contributed by atoms with van der Waals surface area (Å²) in [6, 6.07) is 2.11. The van der Waals surface area contributed by atoms with Gasteiger partial charge in [0, 0.05) is 17.7 Å². The first-order valence-corrected chi connectivity index (χ1v) is 9.28. The molecular formula is C20H24N4O3. The van der Waals surface area contributed by atoms with Gasteiger partial charge in [-0.1, -0.05) is 6.07 Å². The molecule has 2 N–H and O–H groups in total. The zero-order chi connectivity index (χ0) is 19.1. The van der Waals surface area contributed by atoms with E-state index >= 15 is 0 Å². The van der Waals surface area contributed by atoms with Crippen molar-refractivity contribution >= 4 is 12.2 Å². The number of rotatable bonds is 5. The Morgan fingerprint density at radius 1 is 1.33 bits per heavy atom. The molecule has 4 rings (SSSR count). The van der Waals surface area contributed by atoms with Gasteiger partial charge in [-0.2, -0.15) is 5.10 Å². The van der Waals surface area contributed by atoms with Gasteiger partial charge < -0.3 is 9.84 Å². The van der Waals surface area contributed by atoms with E-state index in [1.54, 1.807) is 0 Å². The highest BCUT2D eigenvalue weighted by molar-refractivity contribution is 5.79. The van der Waals surface area contributed by atoms with Crippen molar-refractivity contribution in [2.24, 2.45) is 5.10 Å². The molecule has 1 aliphatic heterocycles. The molecule has 1 unspecified atom stereocenters. The van der Waals surface area contributed by atoms with E-state index in [0.717, 1.165) is 48.2 Å². The summed E-state index contributed by atoms with van der Waals surface area (Å²) in [5.41, 5.74) is 10.5. The minimum absolute atomic E-state index is 0.386. The number of phenolic OH excluding ortho intramolecular Hbond substituents is 1. The SMILES string of the molecule is Cc1cc(Cc2c(C)nn(CC3=NNC(C=O)O3)c2C)c2c(c1O)CCC2. The third-order valence-electron chi connectivity index (χ3n) is 5.54. The number of carbonyl (C=O) groups is 1. The minimum Gasteiger partial charge on any atom is -0.507 e. The van der Waals surface area contributed by atoms with Gasteiger partial charge in [0.25, 0.3) is 0 Å². The molecule has 2 heterocycles. The van der Waals surface area contributed by atoms with E-state index in [1.807, 2.05) is 25.5 Å². The van der Waals surface area contributed by atoms with Crippen molar-refractivity contribution < 1.29 is 14.6 Å². The quantitative estimate of drug-likeness (QED) is 0.789. The summed E-state index contributed by atoms with van der Waals surface area (Å²) in [5, 5.41) is 19.0. The lowest BCUT2D eigenvalue weighted by Crippen LogP contribution is -2.24. The van der Waals surface area contributed by atoms with Crippen LogP contribution < -0.4 is 5.43 Å². The third-order valence-corrected chi connectivity index (χ3v) is 5.54. The third kappa shape index (κ3) is 3.07. The summed E-state index contributed by atoms with van der Waals surface area (Å²) in [7, 11) is 0. The molecule has 7 heteroatoms. The molecule has 1 aromatic carbocycles. The van der Waals surface area contributed by atoms with Gasteiger partial charge >= 0.3 is 0 Å². The van der Waals surface area contributed by atoms with Crippen LogP contribution in [0.25, 0.3) is 0 Å². The number of hydrazone groups is 1. The summed E-state index contributed by atoms with van der Waals surface area (Å²) in [6.45, 7) is 6.41. The second kappa shape index (κ2) is 6.72. The van der Waals surface area contributed by atoms with E-state index in [0.29, 0.717) is 24.5 Å². The van der Waals surface area contributed by atoms with Crippen molar-refractivity contribution in [2.45, 2.75) is 59.2 Å². The van der Waals surface area contributed by atoms with E-state index in [2.05, 4.69) is 21.7 Å². The highest BCUT2D eigenvalue weighted by Gasteiger charge is 2.24. The number of aryl methyl sites for hydroxylation is 2. The van der Waals surface area contributed by atoms with Crippen LogP contribution in [-0.4, -0.2) is 33.3 Å². The Morgan fingerprint density at radius 3 is 2.85 bits per heavy atom. The number of fused-ring (bicyclic) bond motifs is 1. The van der Waals surface area contributed by atoms with Crippen molar-refractivity contribution in [3.63, 3.8) is 0 Å². The predicted molar refractivity (Wildman–Crippen MR) is 101 cm³/mol. The van der Waals surface area contributed by atoms with Crippen LogP contribution in [0.4, 0.5) is 0 Å². The molecule has 0 spiro atoms. The standard InChI is InChI=1S/C20H24N4O3/c1-11-7-14(15-5-4-6-16(15)20(11)26)8-17-12(2)23-24(13(17)3)9-18-21-22-19(10-25)27-18/h7,10,19,22,26H,4-6,8-9H2,1-3H3. The number of benzene rings is 1. The average Bonchev–Trinajstić information content (AvgIpc) is 3.36. The molecular weight excluding hydrogens is 344 g/mol. The maximum absolute atomic E-state index is 10.8. The van der Waals surface area contributed by atoms with Gasteiger partial charge in [0.1, 0.15) is 12.3 Å². The number of hydrogen-bond acceptors (Lipinski definition) is 6. The van der Waals surface area contributed by atoms with E-state index < -0.39 is 6.23 Å². The molecule has 0 saturated heterocycles. The molecule has 0 bridgehead atoms. The van der Waals surface area contributed by atoms with Crippen LogP contribution in [0.15, 0.2) is 11.2 Å². The van der Waals surface area contributed by atoms with E-state index in [4.69, 9.17) is 4.74 Å². The molecule has 1 aromatic heterocycles. The monoisotopic (exact) mass is 368 g/mol. The number of nitrogens with one attached hydrogen (secondary N) is 1. The summed E-state index contributed by atoms with van der Waals surface area (Å²) in [4.78, 5) is 10.8. The fourth-order valence-corrected chi connectivity index (χ4v) is 4.10. The van der Waals surface area contributed by atoms with Gasteiger partial charge in [-0.3, -0.25) is 14.9 Å². The zero-order valence-corrected chi connectivity index (χ0v) is 15.9. The van der Waals surface area contributed by atoms with Gasteiger partial charge in [0.2, 0.25) is 12.1 Å². The molecule has 0 fully saturated rings. The van der Waals surface area contributed by atoms with Gasteiger partial charge in [-0.05, 0) is 62.3 Å². The lowest BCUT2D eigenvalue weighted by atomic mass is 9.93. The second-order valence-electron chi connectivity index (χ2n) is 7.30. The Labute approximate surface area is 158 Å². The second-order valence-corrected chi connectivity index (χ2v) is 7.30. The summed E-state index contributed by atoms with van der Waals surface area (Å²) in [5.74, 6) is 0.912. The molecule has 2 aliphatic rings. The normalized spacial score (nSPS) is 18.0. The molecule has 0 saturated carbocycles. The maximum Gasteiger partial charge on any atom is 0.242 e. The molecule has 0 amide bonds. The molecule has 1 atom stereocenters. The van der Waals surface area contributed by atoms with E-state index in [-0.39, 0.29) is 0 Å². The number of aromatic nitrogens is 2. The number of nitrogens with zero attached hydrogens (tertiary/aromatic N) is 3. The number of aromatic hydroxyl groups is 1. The van der Waals surface area contributed by atoms with Crippen LogP contribution in [0, 0.1) is 20.8 Å². The van der Waals surface area contributed by atoms with Crippen molar-refractivity contribution in [3.05, 3.63) is 45.3 Å². The largest absolute Gasteiger partial charge is 0.507 e. The Hall–Kier alpha value is -2.83. The molecule has 1 aliphatic carbocycles. The summed E-state index contributed by atoms with van der Waals surface area (Å²) >= 11 is 0. The molecule has 142 valence electrons. The van der Waals surface area contributed by atoms with Crippen LogP contribution in [0.3, 0.4) is 0 Å². The average molecular weight is 368 g/mol. The predicted octanol–water partition coefficient (Wildman–Crippen LogP) is 2.05. The Bertz CT molecular complexity index is 945. The molecule has 2 aromatic rings. The first kappa shape index (κ1) is 17.6. The molecule has 7 nitrogen and oxygen atoms in total.